The van der Waals surface area contributed by atoms with E-state index in [0.717, 1.165) is 44.5 Å². The summed E-state index contributed by atoms with van der Waals surface area (Å²) < 4.78 is 0. The first-order valence-electron chi connectivity index (χ1n) is 7.50. The number of imidazole rings is 1. The minimum Gasteiger partial charge on any atom is -0.346 e. The van der Waals surface area contributed by atoms with Gasteiger partial charge in [-0.3, -0.25) is 4.79 Å². The van der Waals surface area contributed by atoms with E-state index in [9.17, 15) is 4.79 Å². The molecule has 1 aliphatic heterocycles. The van der Waals surface area contributed by atoms with Crippen LogP contribution in [-0.2, 0) is 17.6 Å². The number of likely N-dealkylation sites (tertiary alicyclic amines) is 1. The number of amides is 1. The summed E-state index contributed by atoms with van der Waals surface area (Å²) in [5, 5.41) is 0. The Morgan fingerprint density at radius 2 is 2.21 bits per heavy atom. The molecule has 0 saturated carbocycles. The molecule has 4 heteroatoms. The first-order chi connectivity index (χ1) is 9.15. The van der Waals surface area contributed by atoms with Crippen molar-refractivity contribution in [2.45, 2.75) is 58.4 Å². The highest BCUT2D eigenvalue weighted by atomic mass is 16.2. The van der Waals surface area contributed by atoms with Crippen LogP contribution in [0.15, 0.2) is 0 Å². The second kappa shape index (κ2) is 4.99. The third kappa shape index (κ3) is 2.40. The number of carbonyl (C=O) groups excluding carboxylic acids is 1. The molecule has 19 heavy (non-hydrogen) atoms. The lowest BCUT2D eigenvalue weighted by atomic mass is 9.87. The van der Waals surface area contributed by atoms with E-state index in [0.29, 0.717) is 11.9 Å². The molecular weight excluding hydrogens is 238 g/mol. The fraction of sp³-hybridized carbons (Fsp3) is 0.733. The topological polar surface area (TPSA) is 49.0 Å². The van der Waals surface area contributed by atoms with Crippen LogP contribution in [0.25, 0.3) is 0 Å². The Hall–Kier alpha value is -1.32. The molecule has 1 aromatic heterocycles. The Bertz CT molecular complexity index is 480. The zero-order valence-corrected chi connectivity index (χ0v) is 11.9. The number of H-pyrrole nitrogens is 1. The van der Waals surface area contributed by atoms with E-state index < -0.39 is 0 Å². The lowest BCUT2D eigenvalue weighted by molar-refractivity contribution is -0.139. The second-order valence-electron chi connectivity index (χ2n) is 6.06. The molecule has 1 aromatic rings. The van der Waals surface area contributed by atoms with Gasteiger partial charge in [0.05, 0.1) is 5.69 Å². The number of hydrogen-bond donors (Lipinski definition) is 1. The summed E-state index contributed by atoms with van der Waals surface area (Å²) in [6.07, 6.45) is 6.33. The highest BCUT2D eigenvalue weighted by molar-refractivity contribution is 5.79. The van der Waals surface area contributed by atoms with E-state index >= 15 is 0 Å². The second-order valence-corrected chi connectivity index (χ2v) is 6.06. The summed E-state index contributed by atoms with van der Waals surface area (Å²) in [6, 6.07) is 0.422. The SMILES string of the molecule is Cc1nc2c([nH]1)CC(C(=O)N1CCCCC1C)CC2. The lowest BCUT2D eigenvalue weighted by Gasteiger charge is -2.36. The molecular formula is C15H23N3O. The molecule has 0 radical (unpaired) electrons. The molecule has 0 aromatic carbocycles. The van der Waals surface area contributed by atoms with Gasteiger partial charge in [0.25, 0.3) is 0 Å². The number of hydrogen-bond acceptors (Lipinski definition) is 2. The Labute approximate surface area is 114 Å². The Kier molecular flexibility index (Phi) is 3.33. The fourth-order valence-corrected chi connectivity index (χ4v) is 3.49. The van der Waals surface area contributed by atoms with E-state index in [4.69, 9.17) is 0 Å². The number of aromatic nitrogens is 2. The van der Waals surface area contributed by atoms with Crippen LogP contribution in [0.5, 0.6) is 0 Å². The largest absolute Gasteiger partial charge is 0.346 e. The minimum atomic E-state index is 0.160. The monoisotopic (exact) mass is 261 g/mol. The Balaban J connectivity index is 1.71. The molecule has 3 rings (SSSR count). The van der Waals surface area contributed by atoms with E-state index in [1.807, 2.05) is 6.92 Å². The molecule has 1 aliphatic carbocycles. The molecule has 1 N–H and O–H groups in total. The van der Waals surface area contributed by atoms with Gasteiger partial charge in [0.2, 0.25) is 5.91 Å². The van der Waals surface area contributed by atoms with Gasteiger partial charge >= 0.3 is 0 Å². The number of nitrogens with one attached hydrogen (secondary N) is 1. The number of aromatic amines is 1. The van der Waals surface area contributed by atoms with E-state index in [2.05, 4.69) is 21.8 Å². The van der Waals surface area contributed by atoms with Crippen LogP contribution in [0.4, 0.5) is 0 Å². The van der Waals surface area contributed by atoms with Crippen LogP contribution in [0.1, 0.15) is 49.8 Å². The molecule has 0 spiro atoms. The summed E-state index contributed by atoms with van der Waals surface area (Å²) in [4.78, 5) is 22.6. The summed E-state index contributed by atoms with van der Waals surface area (Å²) in [7, 11) is 0. The van der Waals surface area contributed by atoms with Crippen LogP contribution in [0.3, 0.4) is 0 Å². The molecule has 1 fully saturated rings. The number of rotatable bonds is 1. The van der Waals surface area contributed by atoms with Crippen molar-refractivity contribution in [2.75, 3.05) is 6.54 Å². The van der Waals surface area contributed by atoms with Crippen molar-refractivity contribution >= 4 is 5.91 Å². The summed E-state index contributed by atoms with van der Waals surface area (Å²) in [6.45, 7) is 5.12. The van der Waals surface area contributed by atoms with Crippen LogP contribution < -0.4 is 0 Å². The van der Waals surface area contributed by atoms with Gasteiger partial charge < -0.3 is 9.88 Å². The van der Waals surface area contributed by atoms with Crippen LogP contribution in [0, 0.1) is 12.8 Å². The fourth-order valence-electron chi connectivity index (χ4n) is 3.49. The van der Waals surface area contributed by atoms with E-state index in [-0.39, 0.29) is 5.92 Å². The Morgan fingerprint density at radius 3 is 3.00 bits per heavy atom. The van der Waals surface area contributed by atoms with E-state index in [1.165, 1.54) is 17.8 Å². The van der Waals surface area contributed by atoms with Crippen LogP contribution >= 0.6 is 0 Å². The van der Waals surface area contributed by atoms with E-state index in [1.54, 1.807) is 0 Å². The third-order valence-electron chi connectivity index (χ3n) is 4.60. The van der Waals surface area contributed by atoms with Gasteiger partial charge in [0.1, 0.15) is 5.82 Å². The predicted octanol–water partition coefficient (Wildman–Crippen LogP) is 2.22. The Morgan fingerprint density at radius 1 is 1.37 bits per heavy atom. The molecule has 104 valence electrons. The molecule has 1 amide bonds. The predicted molar refractivity (Wildman–Crippen MR) is 73.9 cm³/mol. The number of piperidine rings is 1. The molecule has 2 heterocycles. The number of aryl methyl sites for hydroxylation is 2. The quantitative estimate of drug-likeness (QED) is 0.842. The summed E-state index contributed by atoms with van der Waals surface area (Å²) >= 11 is 0. The first-order valence-corrected chi connectivity index (χ1v) is 7.50. The highest BCUT2D eigenvalue weighted by Gasteiger charge is 2.32. The maximum atomic E-state index is 12.7. The van der Waals surface area contributed by atoms with Crippen molar-refractivity contribution in [3.05, 3.63) is 17.2 Å². The van der Waals surface area contributed by atoms with Crippen molar-refractivity contribution in [1.82, 2.24) is 14.9 Å². The minimum absolute atomic E-state index is 0.160. The standard InChI is InChI=1S/C15H23N3O/c1-10-5-3-4-8-18(10)15(19)12-6-7-13-14(9-12)17-11(2)16-13/h10,12H,3-9H2,1-2H3,(H,16,17). The van der Waals surface area contributed by atoms with Gasteiger partial charge in [-0.1, -0.05) is 0 Å². The van der Waals surface area contributed by atoms with Gasteiger partial charge in [-0.2, -0.15) is 0 Å². The van der Waals surface area contributed by atoms with Gasteiger partial charge in [-0.25, -0.2) is 4.98 Å². The average Bonchev–Trinajstić information content (AvgIpc) is 2.77. The van der Waals surface area contributed by atoms with Gasteiger partial charge in [-0.05, 0) is 46.0 Å². The number of nitrogens with zero attached hydrogens (tertiary/aromatic N) is 2. The molecule has 1 saturated heterocycles. The third-order valence-corrected chi connectivity index (χ3v) is 4.60. The summed E-state index contributed by atoms with van der Waals surface area (Å²) in [5.74, 6) is 1.50. The van der Waals surface area contributed by atoms with Crippen molar-refractivity contribution in [3.8, 4) is 0 Å². The summed E-state index contributed by atoms with van der Waals surface area (Å²) in [5.41, 5.74) is 2.36. The molecule has 0 bridgehead atoms. The van der Waals surface area contributed by atoms with Crippen molar-refractivity contribution < 1.29 is 4.79 Å². The molecule has 2 unspecified atom stereocenters. The van der Waals surface area contributed by atoms with Crippen molar-refractivity contribution in [3.63, 3.8) is 0 Å². The van der Waals surface area contributed by atoms with Crippen molar-refractivity contribution in [1.29, 1.82) is 0 Å². The molecule has 2 atom stereocenters. The number of fused-ring (bicyclic) bond motifs is 1. The first kappa shape index (κ1) is 12.7. The van der Waals surface area contributed by atoms with Crippen LogP contribution in [-0.4, -0.2) is 33.4 Å². The smallest absolute Gasteiger partial charge is 0.226 e. The molecule has 2 aliphatic rings. The number of carbonyl (C=O) groups is 1. The van der Waals surface area contributed by atoms with Crippen LogP contribution in [0.2, 0.25) is 0 Å². The zero-order valence-electron chi connectivity index (χ0n) is 11.9. The maximum absolute atomic E-state index is 12.7. The van der Waals surface area contributed by atoms with Crippen molar-refractivity contribution in [2.24, 2.45) is 5.92 Å². The highest BCUT2D eigenvalue weighted by Crippen LogP contribution is 2.27. The lowest BCUT2D eigenvalue weighted by Crippen LogP contribution is -2.46. The maximum Gasteiger partial charge on any atom is 0.226 e. The average molecular weight is 261 g/mol. The normalized spacial score (nSPS) is 27.2. The van der Waals surface area contributed by atoms with Gasteiger partial charge in [0, 0.05) is 30.6 Å². The van der Waals surface area contributed by atoms with Gasteiger partial charge in [-0.15, -0.1) is 0 Å². The van der Waals surface area contributed by atoms with Gasteiger partial charge in [0.15, 0.2) is 0 Å². The zero-order chi connectivity index (χ0) is 13.4. The molecule has 4 nitrogen and oxygen atoms in total.